The molecule has 0 saturated carbocycles. The molecule has 3 N–H and O–H groups in total. The van der Waals surface area contributed by atoms with E-state index >= 15 is 0 Å². The van der Waals surface area contributed by atoms with Crippen molar-refractivity contribution in [2.24, 2.45) is 0 Å². The Balaban J connectivity index is 1.73. The van der Waals surface area contributed by atoms with E-state index in [-0.39, 0.29) is 5.56 Å². The summed E-state index contributed by atoms with van der Waals surface area (Å²) in [5.74, 6) is 0.498. The van der Waals surface area contributed by atoms with Gasteiger partial charge in [0.15, 0.2) is 0 Å². The predicted octanol–water partition coefficient (Wildman–Crippen LogP) is 4.73. The maximum Gasteiger partial charge on any atom is 0.261 e. The normalized spacial score (nSPS) is 11.2. The highest BCUT2D eigenvalue weighted by atomic mass is 35.5. The fourth-order valence-electron chi connectivity index (χ4n) is 3.43. The van der Waals surface area contributed by atoms with E-state index in [1.54, 1.807) is 18.3 Å². The third kappa shape index (κ3) is 3.23. The molecule has 0 amide bonds. The van der Waals surface area contributed by atoms with Crippen molar-refractivity contribution in [3.8, 4) is 11.4 Å². The summed E-state index contributed by atoms with van der Waals surface area (Å²) in [5.41, 5.74) is 4.08. The molecule has 29 heavy (non-hydrogen) atoms. The predicted molar refractivity (Wildman–Crippen MR) is 116 cm³/mol. The summed E-state index contributed by atoms with van der Waals surface area (Å²) >= 11 is 6.25. The number of fused-ring (bicyclic) bond motifs is 2. The van der Waals surface area contributed by atoms with Crippen molar-refractivity contribution in [3.05, 3.63) is 87.9 Å². The Morgan fingerprint density at radius 2 is 1.83 bits per heavy atom. The van der Waals surface area contributed by atoms with Crippen LogP contribution in [0.5, 0.6) is 0 Å². The van der Waals surface area contributed by atoms with Crippen LogP contribution in [0.4, 0.5) is 5.69 Å². The Morgan fingerprint density at radius 1 is 0.966 bits per heavy atom. The standard InChI is InChI=1S/C22H16ClN5O/c23-13-8-9-16-15(11-13)20(25-12-14-5-3-4-10-24-14)19(22(29)28-16)21-26-17-6-1-2-7-18(17)27-21/h1-11H,12H2,(H,26,27)(H2,25,28,29). The van der Waals surface area contributed by atoms with Crippen LogP contribution in [0.15, 0.2) is 71.7 Å². The van der Waals surface area contributed by atoms with Gasteiger partial charge in [0.1, 0.15) is 11.4 Å². The van der Waals surface area contributed by atoms with Crippen molar-refractivity contribution in [2.45, 2.75) is 6.54 Å². The third-order valence-corrected chi connectivity index (χ3v) is 5.01. The van der Waals surface area contributed by atoms with Crippen LogP contribution in [0.3, 0.4) is 0 Å². The van der Waals surface area contributed by atoms with Gasteiger partial charge in [-0.25, -0.2) is 4.98 Å². The largest absolute Gasteiger partial charge is 0.378 e. The quantitative estimate of drug-likeness (QED) is 0.406. The van der Waals surface area contributed by atoms with Gasteiger partial charge in [0.05, 0.1) is 34.5 Å². The van der Waals surface area contributed by atoms with Crippen LogP contribution in [-0.4, -0.2) is 19.9 Å². The number of halogens is 1. The first-order chi connectivity index (χ1) is 14.2. The number of H-pyrrole nitrogens is 2. The summed E-state index contributed by atoms with van der Waals surface area (Å²) in [7, 11) is 0. The monoisotopic (exact) mass is 401 g/mol. The summed E-state index contributed by atoms with van der Waals surface area (Å²) in [6.45, 7) is 0.457. The molecule has 0 aliphatic heterocycles. The number of aromatic nitrogens is 4. The molecule has 0 saturated heterocycles. The molecule has 142 valence electrons. The molecule has 6 nitrogen and oxygen atoms in total. The summed E-state index contributed by atoms with van der Waals surface area (Å²) < 4.78 is 0. The minimum atomic E-state index is -0.234. The van der Waals surface area contributed by atoms with E-state index in [1.807, 2.05) is 48.5 Å². The van der Waals surface area contributed by atoms with Gasteiger partial charge in [0.25, 0.3) is 5.56 Å². The lowest BCUT2D eigenvalue weighted by Crippen LogP contribution is -2.15. The van der Waals surface area contributed by atoms with E-state index in [0.717, 1.165) is 22.1 Å². The van der Waals surface area contributed by atoms with Crippen molar-refractivity contribution in [1.29, 1.82) is 0 Å². The van der Waals surface area contributed by atoms with E-state index in [2.05, 4.69) is 25.3 Å². The molecule has 0 fully saturated rings. The zero-order chi connectivity index (χ0) is 19.8. The molecule has 0 aliphatic carbocycles. The smallest absolute Gasteiger partial charge is 0.261 e. The molecule has 0 bridgehead atoms. The molecular formula is C22H16ClN5O. The summed E-state index contributed by atoms with van der Waals surface area (Å²) in [6.07, 6.45) is 1.74. The number of nitrogens with one attached hydrogen (secondary N) is 3. The van der Waals surface area contributed by atoms with Crippen LogP contribution in [-0.2, 0) is 6.54 Å². The number of aromatic amines is 2. The highest BCUT2D eigenvalue weighted by Crippen LogP contribution is 2.32. The van der Waals surface area contributed by atoms with E-state index in [1.165, 1.54) is 0 Å². The van der Waals surface area contributed by atoms with Crippen molar-refractivity contribution in [3.63, 3.8) is 0 Å². The number of nitrogens with zero attached hydrogens (tertiary/aromatic N) is 2. The molecule has 0 aliphatic rings. The SMILES string of the molecule is O=c1[nH]c2ccc(Cl)cc2c(NCc2ccccn2)c1-c1nc2ccccc2[nH]1. The Morgan fingerprint density at radius 3 is 2.66 bits per heavy atom. The number of rotatable bonds is 4. The maximum atomic E-state index is 13.0. The molecule has 5 rings (SSSR count). The van der Waals surface area contributed by atoms with Crippen LogP contribution in [0.2, 0.25) is 5.02 Å². The van der Waals surface area contributed by atoms with E-state index in [0.29, 0.717) is 34.2 Å². The van der Waals surface area contributed by atoms with Gasteiger partial charge in [-0.05, 0) is 42.5 Å². The summed E-state index contributed by atoms with van der Waals surface area (Å²) in [4.78, 5) is 28.2. The maximum absolute atomic E-state index is 13.0. The van der Waals surface area contributed by atoms with Crippen LogP contribution in [0.1, 0.15) is 5.69 Å². The highest BCUT2D eigenvalue weighted by molar-refractivity contribution is 6.31. The van der Waals surface area contributed by atoms with Crippen molar-refractivity contribution in [2.75, 3.05) is 5.32 Å². The van der Waals surface area contributed by atoms with Gasteiger partial charge < -0.3 is 15.3 Å². The first-order valence-electron chi connectivity index (χ1n) is 9.13. The van der Waals surface area contributed by atoms with Crippen LogP contribution >= 0.6 is 11.6 Å². The van der Waals surface area contributed by atoms with Crippen molar-refractivity contribution < 1.29 is 0 Å². The minimum absolute atomic E-state index is 0.234. The second kappa shape index (κ2) is 7.07. The Kier molecular flexibility index (Phi) is 4.26. The van der Waals surface area contributed by atoms with Crippen LogP contribution in [0.25, 0.3) is 33.3 Å². The number of imidazole rings is 1. The number of benzene rings is 2. The summed E-state index contributed by atoms with van der Waals surface area (Å²) in [6, 6.07) is 18.8. The Bertz CT molecular complexity index is 1360. The molecule has 0 atom stereocenters. The second-order valence-electron chi connectivity index (χ2n) is 6.67. The van der Waals surface area contributed by atoms with Gasteiger partial charge in [-0.3, -0.25) is 9.78 Å². The average Bonchev–Trinajstić information content (AvgIpc) is 3.16. The lowest BCUT2D eigenvalue weighted by atomic mass is 10.1. The molecule has 0 unspecified atom stereocenters. The lowest BCUT2D eigenvalue weighted by Gasteiger charge is -2.13. The van der Waals surface area contributed by atoms with Crippen molar-refractivity contribution >= 4 is 39.2 Å². The molecule has 5 aromatic rings. The molecule has 0 radical (unpaired) electrons. The van der Waals surface area contributed by atoms with Crippen LogP contribution in [0, 0.1) is 0 Å². The fraction of sp³-hybridized carbons (Fsp3) is 0.0455. The van der Waals surface area contributed by atoms with E-state index < -0.39 is 0 Å². The number of hydrogen-bond acceptors (Lipinski definition) is 4. The van der Waals surface area contributed by atoms with Gasteiger partial charge in [0.2, 0.25) is 0 Å². The molecule has 7 heteroatoms. The number of hydrogen-bond donors (Lipinski definition) is 3. The first-order valence-corrected chi connectivity index (χ1v) is 9.51. The highest BCUT2D eigenvalue weighted by Gasteiger charge is 2.18. The molecule has 0 spiro atoms. The zero-order valence-electron chi connectivity index (χ0n) is 15.2. The number of para-hydroxylation sites is 2. The van der Waals surface area contributed by atoms with Crippen LogP contribution < -0.4 is 10.9 Å². The van der Waals surface area contributed by atoms with Crippen molar-refractivity contribution in [1.82, 2.24) is 19.9 Å². The van der Waals surface area contributed by atoms with E-state index in [9.17, 15) is 4.79 Å². The van der Waals surface area contributed by atoms with Gasteiger partial charge in [-0.15, -0.1) is 0 Å². The van der Waals surface area contributed by atoms with Gasteiger partial charge in [-0.1, -0.05) is 29.8 Å². The van der Waals surface area contributed by atoms with E-state index in [4.69, 9.17) is 11.6 Å². The Hall–Kier alpha value is -3.64. The molecular weight excluding hydrogens is 386 g/mol. The molecule has 3 heterocycles. The number of pyridine rings is 2. The molecule has 3 aromatic heterocycles. The fourth-order valence-corrected chi connectivity index (χ4v) is 3.60. The minimum Gasteiger partial charge on any atom is -0.378 e. The third-order valence-electron chi connectivity index (χ3n) is 4.77. The summed E-state index contributed by atoms with van der Waals surface area (Å²) in [5, 5.41) is 4.78. The van der Waals surface area contributed by atoms with Gasteiger partial charge >= 0.3 is 0 Å². The zero-order valence-corrected chi connectivity index (χ0v) is 16.0. The second-order valence-corrected chi connectivity index (χ2v) is 7.11. The average molecular weight is 402 g/mol. The van der Waals surface area contributed by atoms with Gasteiger partial charge in [0, 0.05) is 16.6 Å². The topological polar surface area (TPSA) is 86.5 Å². The van der Waals surface area contributed by atoms with Gasteiger partial charge in [-0.2, -0.15) is 0 Å². The Labute approximate surface area is 170 Å². The molecule has 2 aromatic carbocycles. The number of anilines is 1. The first kappa shape index (κ1) is 17.5. The lowest BCUT2D eigenvalue weighted by molar-refractivity contribution is 1.05.